The average Bonchev–Trinajstić information content (AvgIpc) is 3.20. The minimum Gasteiger partial charge on any atom is -0.481 e. The zero-order chi connectivity index (χ0) is 26.3. The van der Waals surface area contributed by atoms with Crippen molar-refractivity contribution in [1.29, 1.82) is 0 Å². The van der Waals surface area contributed by atoms with Gasteiger partial charge >= 0.3 is 11.9 Å². The van der Waals surface area contributed by atoms with Gasteiger partial charge in [-0.2, -0.15) is 0 Å². The third-order valence-corrected chi connectivity index (χ3v) is 11.5. The summed E-state index contributed by atoms with van der Waals surface area (Å²) in [6.07, 6.45) is 9.35. The van der Waals surface area contributed by atoms with Gasteiger partial charge in [-0.15, -0.1) is 0 Å². The van der Waals surface area contributed by atoms with Gasteiger partial charge in [0.15, 0.2) is 0 Å². The number of esters is 1. The van der Waals surface area contributed by atoms with Crippen molar-refractivity contribution in [2.24, 2.45) is 46.3 Å². The molecule has 10 atom stereocenters. The summed E-state index contributed by atoms with van der Waals surface area (Å²) in [5.41, 5.74) is 0.0946. The fraction of sp³-hybridized carbons (Fsp3) is 0.897. The first-order valence-electron chi connectivity index (χ1n) is 14.3. The molecule has 7 nitrogen and oxygen atoms in total. The standard InChI is InChI=1S/C29H47NO6/c1-17(5-12-27(35)36-4)21-8-9-22-20-7-6-18-15-19(30-25(32)10-11-26(33)34)13-14-28(18,2)23(20)16-24(31)29(21,22)3/h17-24,31H,5-16H2,1-4H3,(H,30,32)(H,33,34)/t17?,18-,19+,20?,21-,22?,23?,24+,28+,29-/m1/s1. The molecule has 0 aromatic heterocycles. The summed E-state index contributed by atoms with van der Waals surface area (Å²) in [6.45, 7) is 7.03. The summed E-state index contributed by atoms with van der Waals surface area (Å²) in [4.78, 5) is 34.8. The number of ether oxygens (including phenoxy) is 1. The molecule has 7 heteroatoms. The van der Waals surface area contributed by atoms with Crippen LogP contribution in [0.4, 0.5) is 0 Å². The molecule has 4 rings (SSSR count). The van der Waals surface area contributed by atoms with Gasteiger partial charge in [-0.25, -0.2) is 0 Å². The van der Waals surface area contributed by atoms with Crippen molar-refractivity contribution in [2.45, 2.75) is 110 Å². The van der Waals surface area contributed by atoms with E-state index in [2.05, 4.69) is 26.1 Å². The second-order valence-electron chi connectivity index (χ2n) is 13.0. The van der Waals surface area contributed by atoms with Crippen LogP contribution in [0.5, 0.6) is 0 Å². The number of methoxy groups -OCH3 is 1. The van der Waals surface area contributed by atoms with E-state index in [-0.39, 0.29) is 47.7 Å². The molecule has 0 aliphatic heterocycles. The number of fused-ring (bicyclic) bond motifs is 5. The highest BCUT2D eigenvalue weighted by molar-refractivity contribution is 5.80. The molecular weight excluding hydrogens is 458 g/mol. The van der Waals surface area contributed by atoms with Crippen LogP contribution >= 0.6 is 0 Å². The number of hydrogen-bond donors (Lipinski definition) is 3. The summed E-state index contributed by atoms with van der Waals surface area (Å²) in [5, 5.41) is 23.7. The van der Waals surface area contributed by atoms with Crippen LogP contribution < -0.4 is 5.32 Å². The van der Waals surface area contributed by atoms with E-state index in [1.165, 1.54) is 26.4 Å². The second kappa shape index (κ2) is 10.6. The van der Waals surface area contributed by atoms with Gasteiger partial charge in [0, 0.05) is 18.9 Å². The lowest BCUT2D eigenvalue weighted by molar-refractivity contribution is -0.170. The summed E-state index contributed by atoms with van der Waals surface area (Å²) in [5.74, 6) is 1.80. The van der Waals surface area contributed by atoms with Gasteiger partial charge in [0.05, 0.1) is 19.6 Å². The van der Waals surface area contributed by atoms with Gasteiger partial charge in [0.25, 0.3) is 0 Å². The van der Waals surface area contributed by atoms with E-state index >= 15 is 0 Å². The number of carboxylic acids is 1. The molecule has 0 radical (unpaired) electrons. The Hall–Kier alpha value is -1.63. The molecule has 0 bridgehead atoms. The van der Waals surface area contributed by atoms with Gasteiger partial charge in [-0.3, -0.25) is 14.4 Å². The quantitative estimate of drug-likeness (QED) is 0.417. The van der Waals surface area contributed by atoms with Crippen LogP contribution in [-0.4, -0.2) is 47.3 Å². The number of aliphatic carboxylic acids is 1. The number of carbonyl (C=O) groups excluding carboxylic acids is 2. The predicted octanol–water partition coefficient (Wildman–Crippen LogP) is 4.56. The van der Waals surface area contributed by atoms with Gasteiger partial charge in [-0.05, 0) is 104 Å². The van der Waals surface area contributed by atoms with Crippen LogP contribution in [0.3, 0.4) is 0 Å². The summed E-state index contributed by atoms with van der Waals surface area (Å²) < 4.78 is 4.86. The van der Waals surface area contributed by atoms with E-state index in [0.29, 0.717) is 41.9 Å². The van der Waals surface area contributed by atoms with Crippen LogP contribution in [0, 0.1) is 46.3 Å². The lowest BCUT2D eigenvalue weighted by Gasteiger charge is -2.62. The predicted molar refractivity (Wildman–Crippen MR) is 136 cm³/mol. The Morgan fingerprint density at radius 3 is 2.44 bits per heavy atom. The first-order chi connectivity index (χ1) is 17.0. The maximum atomic E-state index is 12.2. The third-order valence-electron chi connectivity index (χ3n) is 11.5. The Bertz CT molecular complexity index is 846. The Labute approximate surface area is 216 Å². The van der Waals surface area contributed by atoms with Crippen molar-refractivity contribution in [3.63, 3.8) is 0 Å². The summed E-state index contributed by atoms with van der Waals surface area (Å²) >= 11 is 0. The number of rotatable bonds is 8. The fourth-order valence-corrected chi connectivity index (χ4v) is 9.48. The highest BCUT2D eigenvalue weighted by Gasteiger charge is 2.63. The second-order valence-corrected chi connectivity index (χ2v) is 13.0. The van der Waals surface area contributed by atoms with Gasteiger partial charge in [0.2, 0.25) is 5.91 Å². The molecule has 4 unspecified atom stereocenters. The van der Waals surface area contributed by atoms with E-state index in [1.807, 2.05) is 0 Å². The smallest absolute Gasteiger partial charge is 0.305 e. The van der Waals surface area contributed by atoms with Gasteiger partial charge < -0.3 is 20.3 Å². The van der Waals surface area contributed by atoms with Gasteiger partial charge in [0.1, 0.15) is 0 Å². The van der Waals surface area contributed by atoms with E-state index in [4.69, 9.17) is 9.84 Å². The van der Waals surface area contributed by atoms with Gasteiger partial charge in [-0.1, -0.05) is 20.8 Å². The Balaban J connectivity index is 1.42. The summed E-state index contributed by atoms with van der Waals surface area (Å²) in [6, 6.07) is 0.131. The van der Waals surface area contributed by atoms with Crippen LogP contribution in [-0.2, 0) is 19.1 Å². The molecule has 0 saturated heterocycles. The topological polar surface area (TPSA) is 113 Å². The zero-order valence-corrected chi connectivity index (χ0v) is 22.6. The molecule has 4 saturated carbocycles. The minimum absolute atomic E-state index is 0.0458. The third kappa shape index (κ3) is 4.93. The molecule has 0 aromatic carbocycles. The number of carboxylic acid groups (broad SMARTS) is 1. The number of amides is 1. The molecular formula is C29H47NO6. The highest BCUT2D eigenvalue weighted by Crippen LogP contribution is 2.68. The van der Waals surface area contributed by atoms with Crippen LogP contribution in [0.2, 0.25) is 0 Å². The first-order valence-corrected chi connectivity index (χ1v) is 14.3. The van der Waals surface area contributed by atoms with Crippen LogP contribution in [0.1, 0.15) is 97.8 Å². The monoisotopic (exact) mass is 505 g/mol. The molecule has 3 N–H and O–H groups in total. The van der Waals surface area contributed by atoms with E-state index in [1.54, 1.807) is 0 Å². The molecule has 204 valence electrons. The maximum absolute atomic E-state index is 12.2. The normalized spacial score (nSPS) is 42.4. The van der Waals surface area contributed by atoms with Crippen molar-refractivity contribution in [3.05, 3.63) is 0 Å². The Morgan fingerprint density at radius 2 is 1.75 bits per heavy atom. The van der Waals surface area contributed by atoms with Crippen molar-refractivity contribution in [2.75, 3.05) is 7.11 Å². The van der Waals surface area contributed by atoms with E-state index in [0.717, 1.165) is 38.5 Å². The summed E-state index contributed by atoms with van der Waals surface area (Å²) in [7, 11) is 1.45. The first kappa shape index (κ1) is 27.4. The van der Waals surface area contributed by atoms with E-state index < -0.39 is 5.97 Å². The number of aliphatic hydroxyl groups excluding tert-OH is 1. The number of hydrogen-bond acceptors (Lipinski definition) is 5. The van der Waals surface area contributed by atoms with Crippen molar-refractivity contribution in [3.8, 4) is 0 Å². The molecule has 1 amide bonds. The molecule has 0 spiro atoms. The molecule has 0 heterocycles. The highest BCUT2D eigenvalue weighted by atomic mass is 16.5. The lowest BCUT2D eigenvalue weighted by Crippen LogP contribution is -2.59. The molecule has 0 aromatic rings. The van der Waals surface area contributed by atoms with E-state index in [9.17, 15) is 19.5 Å². The van der Waals surface area contributed by atoms with Crippen LogP contribution in [0.15, 0.2) is 0 Å². The Morgan fingerprint density at radius 1 is 1.00 bits per heavy atom. The maximum Gasteiger partial charge on any atom is 0.305 e. The SMILES string of the molecule is COC(=O)CCC(C)[C@H]1CCC2C3CC[C@@H]4C[C@@H](NC(=O)CCC(=O)O)CC[C@]4(C)C3C[C@H](O)[C@@]21C. The number of nitrogens with one attached hydrogen (secondary N) is 1. The Kier molecular flexibility index (Phi) is 8.09. The molecule has 4 aliphatic carbocycles. The molecule has 36 heavy (non-hydrogen) atoms. The minimum atomic E-state index is -0.936. The number of aliphatic hydroxyl groups is 1. The average molecular weight is 506 g/mol. The largest absolute Gasteiger partial charge is 0.481 e. The van der Waals surface area contributed by atoms with Crippen molar-refractivity contribution >= 4 is 17.8 Å². The zero-order valence-electron chi connectivity index (χ0n) is 22.6. The van der Waals surface area contributed by atoms with Crippen molar-refractivity contribution in [1.82, 2.24) is 5.32 Å². The molecule has 4 fully saturated rings. The van der Waals surface area contributed by atoms with Crippen molar-refractivity contribution < 1.29 is 29.3 Å². The van der Waals surface area contributed by atoms with Crippen LogP contribution in [0.25, 0.3) is 0 Å². The number of carbonyl (C=O) groups is 3. The molecule has 4 aliphatic rings. The fourth-order valence-electron chi connectivity index (χ4n) is 9.48. The lowest BCUT2D eigenvalue weighted by atomic mass is 9.43.